The molecule has 2 aliphatic heterocycles. The third-order valence-electron chi connectivity index (χ3n) is 8.99. The van der Waals surface area contributed by atoms with E-state index in [9.17, 15) is 0 Å². The second-order valence-corrected chi connectivity index (χ2v) is 12.6. The van der Waals surface area contributed by atoms with Crippen LogP contribution in [0.1, 0.15) is 53.5 Å². The number of anilines is 1. The van der Waals surface area contributed by atoms with E-state index in [-0.39, 0.29) is 12.4 Å². The third-order valence-corrected chi connectivity index (χ3v) is 9.86. The number of amidine groups is 1. The highest BCUT2D eigenvalue weighted by molar-refractivity contribution is 7.12. The molecule has 2 aliphatic rings. The lowest BCUT2D eigenvalue weighted by Crippen LogP contribution is -2.29. The smallest absolute Gasteiger partial charge is 0.148 e. The molecule has 2 fully saturated rings. The van der Waals surface area contributed by atoms with E-state index in [0.29, 0.717) is 11.8 Å². The number of aromatic nitrogens is 2. The second kappa shape index (κ2) is 12.0. The summed E-state index contributed by atoms with van der Waals surface area (Å²) in [6.45, 7) is 4.64. The van der Waals surface area contributed by atoms with Gasteiger partial charge in [0, 0.05) is 39.9 Å². The number of nitrogens with zero attached hydrogens (tertiary/aromatic N) is 3. The maximum atomic E-state index is 5.19. The SMILES string of the molecule is CN1CCC(c2c[nH]c3ccc(N=C(Nc4ccc5[nH]cc(C6CCN(C)CC6)c5c4)c4cccs4)cc23)CC1.Cl. The lowest BCUT2D eigenvalue weighted by atomic mass is 9.89. The van der Waals surface area contributed by atoms with Gasteiger partial charge in [-0.3, -0.25) is 0 Å². The zero-order chi connectivity index (χ0) is 27.1. The maximum absolute atomic E-state index is 5.19. The number of thiophene rings is 1. The van der Waals surface area contributed by atoms with Gasteiger partial charge >= 0.3 is 0 Å². The van der Waals surface area contributed by atoms with Crippen molar-refractivity contribution in [2.45, 2.75) is 37.5 Å². The quantitative estimate of drug-likeness (QED) is 0.145. The number of aliphatic imine (C=N–C) groups is 1. The summed E-state index contributed by atoms with van der Waals surface area (Å²) < 4.78 is 0. The van der Waals surface area contributed by atoms with E-state index in [1.807, 2.05) is 0 Å². The summed E-state index contributed by atoms with van der Waals surface area (Å²) in [4.78, 5) is 18.2. The third kappa shape index (κ3) is 5.82. The van der Waals surface area contributed by atoms with E-state index in [4.69, 9.17) is 4.99 Å². The minimum absolute atomic E-state index is 0. The van der Waals surface area contributed by atoms with Crippen LogP contribution < -0.4 is 5.32 Å². The van der Waals surface area contributed by atoms with Crippen molar-refractivity contribution in [2.24, 2.45) is 4.99 Å². The monoisotopic (exact) mass is 586 g/mol. The Hall–Kier alpha value is -3.10. The molecule has 41 heavy (non-hydrogen) atoms. The molecule has 5 aromatic rings. The van der Waals surface area contributed by atoms with Crippen LogP contribution >= 0.6 is 23.7 Å². The van der Waals surface area contributed by atoms with Crippen molar-refractivity contribution in [1.82, 2.24) is 19.8 Å². The fraction of sp³-hybridized carbons (Fsp3) is 0.364. The van der Waals surface area contributed by atoms with Crippen LogP contribution in [-0.4, -0.2) is 65.9 Å². The Morgan fingerprint density at radius 3 is 1.98 bits per heavy atom. The number of H-pyrrole nitrogens is 2. The zero-order valence-electron chi connectivity index (χ0n) is 23.8. The van der Waals surface area contributed by atoms with Gasteiger partial charge < -0.3 is 25.1 Å². The molecule has 2 saturated heterocycles. The number of aromatic amines is 2. The van der Waals surface area contributed by atoms with Crippen molar-refractivity contribution in [3.8, 4) is 0 Å². The summed E-state index contributed by atoms with van der Waals surface area (Å²) in [5.41, 5.74) is 7.33. The van der Waals surface area contributed by atoms with Gasteiger partial charge in [-0.2, -0.15) is 0 Å². The summed E-state index contributed by atoms with van der Waals surface area (Å²) in [5, 5.41) is 8.44. The van der Waals surface area contributed by atoms with Gasteiger partial charge in [0.05, 0.1) is 10.6 Å². The molecule has 8 heteroatoms. The Morgan fingerprint density at radius 2 is 1.39 bits per heavy atom. The van der Waals surface area contributed by atoms with E-state index in [1.54, 1.807) is 11.3 Å². The Morgan fingerprint density at radius 1 is 0.805 bits per heavy atom. The first-order chi connectivity index (χ1) is 19.6. The van der Waals surface area contributed by atoms with Gasteiger partial charge in [-0.15, -0.1) is 23.7 Å². The minimum atomic E-state index is 0. The first kappa shape index (κ1) is 28.0. The standard InChI is InChI=1S/C33H38N6S.ClH/c1-38-13-9-22(10-14-38)28-20-34-30-7-5-24(18-26(28)30)36-33(32-4-3-17-40-32)37-25-6-8-31-27(19-25)29(21-35-31)23-11-15-39(2)16-12-23;/h3-8,17-23,34-35H,9-16H2,1-2H3,(H,36,37);1H. The lowest BCUT2D eigenvalue weighted by molar-refractivity contribution is 0.256. The molecule has 5 heterocycles. The average molecular weight is 587 g/mol. The van der Waals surface area contributed by atoms with E-state index in [0.717, 1.165) is 48.3 Å². The molecule has 0 radical (unpaired) electrons. The highest BCUT2D eigenvalue weighted by Gasteiger charge is 2.22. The van der Waals surface area contributed by atoms with Crippen molar-refractivity contribution in [3.63, 3.8) is 0 Å². The molecular weight excluding hydrogens is 548 g/mol. The van der Waals surface area contributed by atoms with Crippen molar-refractivity contribution < 1.29 is 0 Å². The van der Waals surface area contributed by atoms with Crippen molar-refractivity contribution in [2.75, 3.05) is 45.6 Å². The fourth-order valence-electron chi connectivity index (χ4n) is 6.56. The second-order valence-electron chi connectivity index (χ2n) is 11.7. The Labute approximate surface area is 252 Å². The van der Waals surface area contributed by atoms with Crippen LogP contribution in [0.5, 0.6) is 0 Å². The first-order valence-corrected chi connectivity index (χ1v) is 15.5. The van der Waals surface area contributed by atoms with E-state index >= 15 is 0 Å². The molecule has 0 amide bonds. The molecular formula is C33H39ClN6S. The van der Waals surface area contributed by atoms with E-state index in [2.05, 4.69) is 105 Å². The maximum Gasteiger partial charge on any atom is 0.148 e. The molecule has 7 rings (SSSR count). The summed E-state index contributed by atoms with van der Waals surface area (Å²) in [6.07, 6.45) is 9.29. The summed E-state index contributed by atoms with van der Waals surface area (Å²) in [7, 11) is 4.45. The van der Waals surface area contributed by atoms with Gasteiger partial charge in [-0.05, 0) is 137 Å². The van der Waals surface area contributed by atoms with Crippen molar-refractivity contribution in [3.05, 3.63) is 82.3 Å². The Bertz CT molecular complexity index is 1640. The van der Waals surface area contributed by atoms with Gasteiger partial charge in [0.2, 0.25) is 0 Å². The molecule has 2 aromatic carbocycles. The number of rotatable bonds is 5. The van der Waals surface area contributed by atoms with Crippen LogP contribution in [0.15, 0.2) is 71.3 Å². The number of fused-ring (bicyclic) bond motifs is 2. The van der Waals surface area contributed by atoms with Gasteiger partial charge in [0.25, 0.3) is 0 Å². The van der Waals surface area contributed by atoms with Gasteiger partial charge in [-0.25, -0.2) is 4.99 Å². The number of piperidine rings is 2. The topological polar surface area (TPSA) is 62.5 Å². The van der Waals surface area contributed by atoms with Gasteiger partial charge in [0.1, 0.15) is 5.84 Å². The predicted molar refractivity (Wildman–Crippen MR) is 177 cm³/mol. The van der Waals surface area contributed by atoms with Crippen LogP contribution in [0.4, 0.5) is 11.4 Å². The molecule has 0 atom stereocenters. The Kier molecular flexibility index (Phi) is 8.22. The Balaban J connectivity index is 0.00000302. The number of hydrogen-bond donors (Lipinski definition) is 3. The fourth-order valence-corrected chi connectivity index (χ4v) is 7.23. The van der Waals surface area contributed by atoms with E-state index in [1.165, 1.54) is 58.6 Å². The predicted octanol–water partition coefficient (Wildman–Crippen LogP) is 7.94. The van der Waals surface area contributed by atoms with Crippen molar-refractivity contribution in [1.29, 1.82) is 0 Å². The highest BCUT2D eigenvalue weighted by atomic mass is 35.5. The van der Waals surface area contributed by atoms with Crippen LogP contribution in [-0.2, 0) is 0 Å². The first-order valence-electron chi connectivity index (χ1n) is 14.6. The van der Waals surface area contributed by atoms with Crippen LogP contribution in [0, 0.1) is 0 Å². The number of halogens is 1. The van der Waals surface area contributed by atoms with Crippen LogP contribution in [0.3, 0.4) is 0 Å². The minimum Gasteiger partial charge on any atom is -0.361 e. The molecule has 0 aliphatic carbocycles. The molecule has 0 spiro atoms. The molecule has 0 bridgehead atoms. The van der Waals surface area contributed by atoms with Gasteiger partial charge in [0.15, 0.2) is 0 Å². The molecule has 3 N–H and O–H groups in total. The molecule has 3 aromatic heterocycles. The largest absolute Gasteiger partial charge is 0.361 e. The number of nitrogens with one attached hydrogen (secondary N) is 3. The van der Waals surface area contributed by atoms with Crippen LogP contribution in [0.2, 0.25) is 0 Å². The van der Waals surface area contributed by atoms with Crippen LogP contribution in [0.25, 0.3) is 21.8 Å². The number of hydrogen-bond acceptors (Lipinski definition) is 4. The average Bonchev–Trinajstić information content (AvgIpc) is 3.74. The molecule has 0 unspecified atom stereocenters. The molecule has 0 saturated carbocycles. The summed E-state index contributed by atoms with van der Waals surface area (Å²) in [5.74, 6) is 2.10. The molecule has 6 nitrogen and oxygen atoms in total. The number of likely N-dealkylation sites (tertiary alicyclic amines) is 2. The lowest BCUT2D eigenvalue weighted by Gasteiger charge is -2.28. The molecule has 214 valence electrons. The zero-order valence-corrected chi connectivity index (χ0v) is 25.5. The van der Waals surface area contributed by atoms with E-state index < -0.39 is 0 Å². The number of benzene rings is 2. The summed E-state index contributed by atoms with van der Waals surface area (Å²) in [6, 6.07) is 17.5. The normalized spacial score (nSPS) is 18.2. The summed E-state index contributed by atoms with van der Waals surface area (Å²) >= 11 is 1.72. The van der Waals surface area contributed by atoms with Crippen molar-refractivity contribution >= 4 is 62.8 Å². The highest BCUT2D eigenvalue weighted by Crippen LogP contribution is 2.36. The van der Waals surface area contributed by atoms with Gasteiger partial charge in [-0.1, -0.05) is 6.07 Å².